The van der Waals surface area contributed by atoms with E-state index >= 15 is 0 Å². The maximum Gasteiger partial charge on any atom is 0.230 e. The molecular formula is C23H27N5OS. The van der Waals surface area contributed by atoms with Crippen LogP contribution < -0.4 is 10.6 Å². The van der Waals surface area contributed by atoms with Crippen molar-refractivity contribution in [2.45, 2.75) is 50.4 Å². The molecule has 0 radical (unpaired) electrons. The van der Waals surface area contributed by atoms with E-state index in [1.54, 1.807) is 0 Å². The van der Waals surface area contributed by atoms with Crippen LogP contribution >= 0.6 is 11.8 Å². The monoisotopic (exact) mass is 421 g/mol. The first-order chi connectivity index (χ1) is 14.7. The second-order valence-corrected chi connectivity index (χ2v) is 8.57. The molecule has 1 fully saturated rings. The quantitative estimate of drug-likeness (QED) is 0.530. The van der Waals surface area contributed by atoms with Gasteiger partial charge in [-0.1, -0.05) is 60.5 Å². The molecule has 0 spiro atoms. The second-order valence-electron chi connectivity index (χ2n) is 7.63. The Balaban J connectivity index is 1.49. The smallest absolute Gasteiger partial charge is 0.230 e. The van der Waals surface area contributed by atoms with E-state index in [-0.39, 0.29) is 5.91 Å². The number of carbonyl (C=O) groups excluding carboxylic acids is 1. The molecule has 6 nitrogen and oxygen atoms in total. The number of carbonyl (C=O) groups is 1. The molecule has 1 heterocycles. The summed E-state index contributed by atoms with van der Waals surface area (Å²) in [6.45, 7) is 2.61. The average Bonchev–Trinajstić information content (AvgIpc) is 3.42. The summed E-state index contributed by atoms with van der Waals surface area (Å²) < 4.78 is 2.03. The summed E-state index contributed by atoms with van der Waals surface area (Å²) in [6.07, 6.45) is 4.59. The van der Waals surface area contributed by atoms with Crippen LogP contribution in [0.3, 0.4) is 0 Å². The zero-order valence-electron chi connectivity index (χ0n) is 17.2. The summed E-state index contributed by atoms with van der Waals surface area (Å²) in [5.41, 5.74) is 3.22. The lowest BCUT2D eigenvalue weighted by atomic mass is 10.2. The molecule has 1 aromatic heterocycles. The third kappa shape index (κ3) is 5.21. The van der Waals surface area contributed by atoms with E-state index < -0.39 is 0 Å². The van der Waals surface area contributed by atoms with Crippen molar-refractivity contribution in [3.05, 3.63) is 66.0 Å². The molecule has 0 aliphatic heterocycles. The molecule has 0 bridgehead atoms. The van der Waals surface area contributed by atoms with Crippen LogP contribution in [0, 0.1) is 6.92 Å². The standard InChI is InChI=1S/C23H27N5OS/c1-17-11-13-20(14-12-17)28-21(15-24-18-7-3-2-4-8-18)26-27-23(28)30-16-22(29)25-19-9-5-6-10-19/h2-4,7-8,11-14,19,24H,5-6,9-10,15-16H2,1H3,(H,25,29). The van der Waals surface area contributed by atoms with Crippen LogP contribution in [0.1, 0.15) is 37.1 Å². The van der Waals surface area contributed by atoms with E-state index in [1.165, 1.54) is 30.2 Å². The number of rotatable bonds is 8. The average molecular weight is 422 g/mol. The highest BCUT2D eigenvalue weighted by Gasteiger charge is 2.19. The minimum Gasteiger partial charge on any atom is -0.378 e. The number of nitrogens with one attached hydrogen (secondary N) is 2. The van der Waals surface area contributed by atoms with Crippen molar-refractivity contribution < 1.29 is 4.79 Å². The number of aromatic nitrogens is 3. The predicted molar refractivity (Wildman–Crippen MR) is 121 cm³/mol. The van der Waals surface area contributed by atoms with Crippen molar-refractivity contribution in [2.75, 3.05) is 11.1 Å². The van der Waals surface area contributed by atoms with E-state index in [2.05, 4.69) is 52.0 Å². The maximum absolute atomic E-state index is 12.4. The fourth-order valence-corrected chi connectivity index (χ4v) is 4.45. The molecule has 1 amide bonds. The van der Waals surface area contributed by atoms with Gasteiger partial charge in [-0.2, -0.15) is 0 Å². The molecule has 30 heavy (non-hydrogen) atoms. The highest BCUT2D eigenvalue weighted by Crippen LogP contribution is 2.24. The van der Waals surface area contributed by atoms with Gasteiger partial charge in [0.05, 0.1) is 12.3 Å². The summed E-state index contributed by atoms with van der Waals surface area (Å²) in [4.78, 5) is 12.4. The molecule has 1 aliphatic rings. The van der Waals surface area contributed by atoms with E-state index in [9.17, 15) is 4.79 Å². The van der Waals surface area contributed by atoms with E-state index in [0.29, 0.717) is 18.3 Å². The summed E-state index contributed by atoms with van der Waals surface area (Å²) >= 11 is 1.43. The van der Waals surface area contributed by atoms with E-state index in [4.69, 9.17) is 0 Å². The molecule has 0 unspecified atom stereocenters. The Bertz CT molecular complexity index is 965. The third-order valence-electron chi connectivity index (χ3n) is 5.27. The zero-order chi connectivity index (χ0) is 20.8. The first-order valence-corrected chi connectivity index (χ1v) is 11.4. The van der Waals surface area contributed by atoms with Crippen LogP contribution in [0.15, 0.2) is 59.8 Å². The van der Waals surface area contributed by atoms with E-state index in [1.807, 2.05) is 34.9 Å². The highest BCUT2D eigenvalue weighted by molar-refractivity contribution is 7.99. The first-order valence-electron chi connectivity index (χ1n) is 10.4. The van der Waals surface area contributed by atoms with Crippen molar-refractivity contribution in [3.8, 4) is 5.69 Å². The van der Waals surface area contributed by atoms with Gasteiger partial charge in [0.25, 0.3) is 0 Å². The third-order valence-corrected chi connectivity index (χ3v) is 6.20. The van der Waals surface area contributed by atoms with Crippen molar-refractivity contribution in [1.29, 1.82) is 0 Å². The summed E-state index contributed by atoms with van der Waals surface area (Å²) in [5, 5.41) is 16.1. The lowest BCUT2D eigenvalue weighted by molar-refractivity contribution is -0.119. The second kappa shape index (κ2) is 9.80. The van der Waals surface area contributed by atoms with Gasteiger partial charge in [0.2, 0.25) is 5.91 Å². The van der Waals surface area contributed by atoms with Crippen LogP contribution in [-0.4, -0.2) is 32.5 Å². The summed E-state index contributed by atoms with van der Waals surface area (Å²) in [5.74, 6) is 1.21. The molecule has 1 aliphatic carbocycles. The number of hydrogen-bond acceptors (Lipinski definition) is 5. The molecule has 3 aromatic rings. The van der Waals surface area contributed by atoms with Crippen molar-refractivity contribution in [1.82, 2.24) is 20.1 Å². The number of nitrogens with zero attached hydrogens (tertiary/aromatic N) is 3. The van der Waals surface area contributed by atoms with Crippen molar-refractivity contribution in [2.24, 2.45) is 0 Å². The minimum atomic E-state index is 0.0642. The molecule has 2 N–H and O–H groups in total. The topological polar surface area (TPSA) is 71.8 Å². The van der Waals surface area contributed by atoms with Crippen LogP contribution in [0.25, 0.3) is 5.69 Å². The largest absolute Gasteiger partial charge is 0.378 e. The Morgan fingerprint density at radius 2 is 1.80 bits per heavy atom. The molecule has 4 rings (SSSR count). The molecule has 2 aromatic carbocycles. The van der Waals surface area contributed by atoms with Gasteiger partial charge in [-0.3, -0.25) is 9.36 Å². The number of para-hydroxylation sites is 1. The number of benzene rings is 2. The van der Waals surface area contributed by atoms with Gasteiger partial charge in [0, 0.05) is 17.4 Å². The van der Waals surface area contributed by atoms with E-state index in [0.717, 1.165) is 35.2 Å². The Hall–Kier alpha value is -2.80. The lowest BCUT2D eigenvalue weighted by Crippen LogP contribution is -2.33. The van der Waals surface area contributed by atoms with Crippen LogP contribution in [0.5, 0.6) is 0 Å². The fraction of sp³-hybridized carbons (Fsp3) is 0.348. The highest BCUT2D eigenvalue weighted by atomic mass is 32.2. The SMILES string of the molecule is Cc1ccc(-n2c(CNc3ccccc3)nnc2SCC(=O)NC2CCCC2)cc1. The summed E-state index contributed by atoms with van der Waals surface area (Å²) in [7, 11) is 0. The minimum absolute atomic E-state index is 0.0642. The number of hydrogen-bond donors (Lipinski definition) is 2. The molecule has 0 atom stereocenters. The lowest BCUT2D eigenvalue weighted by Gasteiger charge is -2.13. The van der Waals surface area contributed by atoms with Gasteiger partial charge in [0.1, 0.15) is 0 Å². The number of aryl methyl sites for hydroxylation is 1. The van der Waals surface area contributed by atoms with Gasteiger partial charge >= 0.3 is 0 Å². The normalized spacial score (nSPS) is 14.0. The Labute approximate surface area is 181 Å². The zero-order valence-corrected chi connectivity index (χ0v) is 18.0. The number of anilines is 1. The summed E-state index contributed by atoms with van der Waals surface area (Å²) in [6, 6.07) is 18.6. The van der Waals surface area contributed by atoms with Gasteiger partial charge in [0.15, 0.2) is 11.0 Å². The first kappa shape index (κ1) is 20.5. The molecule has 156 valence electrons. The van der Waals surface area contributed by atoms with Crippen LogP contribution in [-0.2, 0) is 11.3 Å². The molecular weight excluding hydrogens is 394 g/mol. The van der Waals surface area contributed by atoms with Gasteiger partial charge < -0.3 is 10.6 Å². The van der Waals surface area contributed by atoms with Crippen molar-refractivity contribution in [3.63, 3.8) is 0 Å². The maximum atomic E-state index is 12.4. The predicted octanol–water partition coefficient (Wildman–Crippen LogP) is 4.34. The fourth-order valence-electron chi connectivity index (χ4n) is 3.67. The molecule has 7 heteroatoms. The Morgan fingerprint density at radius 3 is 2.53 bits per heavy atom. The van der Waals surface area contributed by atoms with Crippen LogP contribution in [0.4, 0.5) is 5.69 Å². The van der Waals surface area contributed by atoms with Gasteiger partial charge in [-0.05, 0) is 44.0 Å². The Morgan fingerprint density at radius 1 is 1.07 bits per heavy atom. The van der Waals surface area contributed by atoms with Crippen molar-refractivity contribution >= 4 is 23.4 Å². The van der Waals surface area contributed by atoms with Gasteiger partial charge in [-0.15, -0.1) is 10.2 Å². The van der Waals surface area contributed by atoms with Gasteiger partial charge in [-0.25, -0.2) is 0 Å². The number of thioether (sulfide) groups is 1. The molecule has 0 saturated heterocycles. The number of amides is 1. The Kier molecular flexibility index (Phi) is 6.69. The van der Waals surface area contributed by atoms with Crippen LogP contribution in [0.2, 0.25) is 0 Å². The molecule has 1 saturated carbocycles.